The molecule has 1 aliphatic rings. The van der Waals surface area contributed by atoms with Crippen molar-refractivity contribution in [3.63, 3.8) is 0 Å². The van der Waals surface area contributed by atoms with Gasteiger partial charge in [0.05, 0.1) is 7.11 Å². The highest BCUT2D eigenvalue weighted by Gasteiger charge is 2.31. The molecule has 2 amide bonds. The third kappa shape index (κ3) is 8.71. The van der Waals surface area contributed by atoms with Gasteiger partial charge in [-0.1, -0.05) is 120 Å². The van der Waals surface area contributed by atoms with Gasteiger partial charge in [-0.2, -0.15) is 0 Å². The highest BCUT2D eigenvalue weighted by Crippen LogP contribution is 2.44. The Kier molecular flexibility index (Phi) is 11.6. The number of carbonyl (C=O) groups is 3. The van der Waals surface area contributed by atoms with Crippen molar-refractivity contribution in [3.8, 4) is 16.9 Å². The van der Waals surface area contributed by atoms with Crippen molar-refractivity contribution in [1.29, 1.82) is 0 Å². The lowest BCUT2D eigenvalue weighted by atomic mass is 9.98. The summed E-state index contributed by atoms with van der Waals surface area (Å²) in [5, 5.41) is 6.56. The lowest BCUT2D eigenvalue weighted by Gasteiger charge is -2.23. The first kappa shape index (κ1) is 35.5. The Balaban J connectivity index is 1.12. The summed E-state index contributed by atoms with van der Waals surface area (Å²) in [4.78, 5) is 40.0. The molecule has 1 aliphatic carbocycles. The van der Waals surface area contributed by atoms with Crippen molar-refractivity contribution < 1.29 is 28.6 Å². The van der Waals surface area contributed by atoms with Crippen LogP contribution in [0.3, 0.4) is 0 Å². The second kappa shape index (κ2) is 16.6. The third-order valence-electron chi connectivity index (χ3n) is 8.85. The first-order chi connectivity index (χ1) is 24.8. The molecule has 0 saturated heterocycles. The Bertz CT molecular complexity index is 1940. The first-order valence-electron chi connectivity index (χ1n) is 16.5. The number of fused-ring (bicyclic) bond motifs is 3. The second-order valence-corrected chi connectivity index (χ2v) is 12.9. The minimum absolute atomic E-state index is 0.0927. The Morgan fingerprint density at radius 3 is 1.86 bits per heavy atom. The number of halogens is 2. The largest absolute Gasteiger partial charge is 0.489 e. The lowest BCUT2D eigenvalue weighted by Crippen LogP contribution is -2.53. The van der Waals surface area contributed by atoms with Gasteiger partial charge in [-0.15, -0.1) is 0 Å². The Hall–Kier alpha value is -5.31. The van der Waals surface area contributed by atoms with Crippen molar-refractivity contribution in [2.45, 2.75) is 37.5 Å². The van der Waals surface area contributed by atoms with Gasteiger partial charge in [-0.05, 0) is 57.6 Å². The zero-order chi connectivity index (χ0) is 35.7. The molecule has 0 fully saturated rings. The van der Waals surface area contributed by atoms with Gasteiger partial charge < -0.3 is 24.8 Å². The first-order valence-corrected chi connectivity index (χ1v) is 17.2. The molecule has 0 aromatic heterocycles. The van der Waals surface area contributed by atoms with Crippen LogP contribution < -0.4 is 15.4 Å². The molecule has 8 nitrogen and oxygen atoms in total. The number of ether oxygens (including phenoxy) is 3. The van der Waals surface area contributed by atoms with Crippen molar-refractivity contribution >= 4 is 41.2 Å². The quantitative estimate of drug-likeness (QED) is 0.120. The predicted octanol–water partition coefficient (Wildman–Crippen LogP) is 7.92. The zero-order valence-electron chi connectivity index (χ0n) is 27.8. The van der Waals surface area contributed by atoms with Crippen LogP contribution in [0.5, 0.6) is 5.75 Å². The fourth-order valence-electron chi connectivity index (χ4n) is 6.23. The van der Waals surface area contributed by atoms with Crippen LogP contribution in [0.1, 0.15) is 33.7 Å². The number of methoxy groups -OCH3 is 1. The van der Waals surface area contributed by atoms with Crippen LogP contribution in [0.25, 0.3) is 11.1 Å². The number of amides is 2. The maximum atomic E-state index is 13.8. The van der Waals surface area contributed by atoms with Crippen LogP contribution >= 0.6 is 23.2 Å². The summed E-state index contributed by atoms with van der Waals surface area (Å²) in [7, 11) is 1.26. The summed E-state index contributed by atoms with van der Waals surface area (Å²) < 4.78 is 16.7. The van der Waals surface area contributed by atoms with Crippen molar-refractivity contribution in [3.05, 3.63) is 159 Å². The molecule has 0 aliphatic heterocycles. The van der Waals surface area contributed by atoms with E-state index in [1.165, 1.54) is 7.11 Å². The van der Waals surface area contributed by atoms with E-state index in [9.17, 15) is 14.4 Å². The molecular weight excluding hydrogens is 687 g/mol. The van der Waals surface area contributed by atoms with E-state index in [4.69, 9.17) is 37.4 Å². The number of rotatable bonds is 13. The lowest BCUT2D eigenvalue weighted by molar-refractivity contribution is -0.145. The van der Waals surface area contributed by atoms with E-state index in [0.29, 0.717) is 21.4 Å². The van der Waals surface area contributed by atoms with Gasteiger partial charge in [0.15, 0.2) is 0 Å². The number of alkyl carbamates (subject to hydrolysis) is 1. The molecule has 10 heteroatoms. The average molecular weight is 724 g/mol. The van der Waals surface area contributed by atoms with E-state index < -0.39 is 30.1 Å². The number of carbonyl (C=O) groups excluding carboxylic acids is 3. The molecular formula is C41H36Cl2N2O6. The molecule has 0 spiro atoms. The summed E-state index contributed by atoms with van der Waals surface area (Å²) in [6.45, 7) is 0.271. The standard InChI is InChI=1S/C41H36Cl2N2O6/c1-49-40(47)38(23-27-18-20-28(21-19-27)50-25-34-35(42)16-9-17-36(34)43)44-39(46)37(22-26-10-3-2-4-11-26)45-41(48)51-24-33-31-14-7-5-12-29(31)30-13-6-8-15-32(30)33/h2-21,33,37-38H,22-25H2,1H3,(H,44,46)(H,45,48)/t37-,38+/m1/s1. The van der Waals surface area contributed by atoms with Crippen molar-refractivity contribution in [1.82, 2.24) is 10.6 Å². The fourth-order valence-corrected chi connectivity index (χ4v) is 6.74. The molecule has 0 radical (unpaired) electrons. The Morgan fingerprint density at radius 2 is 1.24 bits per heavy atom. The van der Waals surface area contributed by atoms with E-state index in [-0.39, 0.29) is 32.0 Å². The topological polar surface area (TPSA) is 103 Å². The average Bonchev–Trinajstić information content (AvgIpc) is 3.47. The third-order valence-corrected chi connectivity index (χ3v) is 9.55. The molecule has 6 rings (SSSR count). The van der Waals surface area contributed by atoms with Gasteiger partial charge in [-0.3, -0.25) is 4.79 Å². The van der Waals surface area contributed by atoms with Gasteiger partial charge in [-0.25, -0.2) is 9.59 Å². The van der Waals surface area contributed by atoms with Gasteiger partial charge in [0.25, 0.3) is 0 Å². The number of nitrogens with one attached hydrogen (secondary N) is 2. The van der Waals surface area contributed by atoms with Gasteiger partial charge in [0, 0.05) is 34.4 Å². The van der Waals surface area contributed by atoms with Crippen LogP contribution in [0, 0.1) is 0 Å². The predicted molar refractivity (Wildman–Crippen MR) is 197 cm³/mol. The van der Waals surface area contributed by atoms with Crippen molar-refractivity contribution in [2.24, 2.45) is 0 Å². The van der Waals surface area contributed by atoms with Crippen LogP contribution in [0.15, 0.2) is 121 Å². The Labute approximate surface area is 306 Å². The van der Waals surface area contributed by atoms with E-state index in [0.717, 1.165) is 33.4 Å². The van der Waals surface area contributed by atoms with Crippen LogP contribution in [0.4, 0.5) is 4.79 Å². The minimum atomic E-state index is -1.04. The van der Waals surface area contributed by atoms with Gasteiger partial charge >= 0.3 is 12.1 Å². The highest BCUT2D eigenvalue weighted by molar-refractivity contribution is 6.35. The number of esters is 1. The van der Waals surface area contributed by atoms with Crippen LogP contribution in [-0.4, -0.2) is 43.8 Å². The smallest absolute Gasteiger partial charge is 0.407 e. The molecule has 51 heavy (non-hydrogen) atoms. The molecule has 0 bridgehead atoms. The number of hydrogen-bond acceptors (Lipinski definition) is 6. The summed E-state index contributed by atoms with van der Waals surface area (Å²) in [6.07, 6.45) is -0.430. The maximum Gasteiger partial charge on any atom is 0.407 e. The van der Waals surface area contributed by atoms with E-state index in [2.05, 4.69) is 22.8 Å². The second-order valence-electron chi connectivity index (χ2n) is 12.1. The van der Waals surface area contributed by atoms with E-state index in [1.54, 1.807) is 42.5 Å². The molecule has 0 saturated carbocycles. The van der Waals surface area contributed by atoms with Crippen molar-refractivity contribution in [2.75, 3.05) is 13.7 Å². The molecule has 260 valence electrons. The Morgan fingerprint density at radius 1 is 0.667 bits per heavy atom. The van der Waals surface area contributed by atoms with E-state index >= 15 is 0 Å². The molecule has 2 atom stereocenters. The SMILES string of the molecule is COC(=O)[C@H](Cc1ccc(OCc2c(Cl)cccc2Cl)cc1)NC(=O)[C@@H](Cc1ccccc1)NC(=O)OCC1c2ccccc2-c2ccccc21. The van der Waals surface area contributed by atoms with Crippen LogP contribution in [0.2, 0.25) is 10.0 Å². The summed E-state index contributed by atoms with van der Waals surface area (Å²) >= 11 is 12.5. The van der Waals surface area contributed by atoms with Gasteiger partial charge in [0.2, 0.25) is 5.91 Å². The molecule has 0 unspecified atom stereocenters. The van der Waals surface area contributed by atoms with E-state index in [1.807, 2.05) is 66.7 Å². The molecule has 2 N–H and O–H groups in total. The number of benzene rings is 5. The number of hydrogen-bond donors (Lipinski definition) is 2. The monoisotopic (exact) mass is 722 g/mol. The summed E-state index contributed by atoms with van der Waals surface area (Å²) in [5.41, 5.74) is 6.63. The maximum absolute atomic E-state index is 13.8. The summed E-state index contributed by atoms with van der Waals surface area (Å²) in [6, 6.07) is 35.7. The van der Waals surface area contributed by atoms with Crippen LogP contribution in [-0.2, 0) is 38.5 Å². The minimum Gasteiger partial charge on any atom is -0.489 e. The zero-order valence-corrected chi connectivity index (χ0v) is 29.3. The highest BCUT2D eigenvalue weighted by atomic mass is 35.5. The van der Waals surface area contributed by atoms with Gasteiger partial charge in [0.1, 0.15) is 31.0 Å². The fraction of sp³-hybridized carbons (Fsp3) is 0.195. The normalized spacial score (nSPS) is 12.9. The molecule has 0 heterocycles. The molecule has 5 aromatic carbocycles. The molecule has 5 aromatic rings. The summed E-state index contributed by atoms with van der Waals surface area (Å²) in [5.74, 6) is -0.751.